The highest BCUT2D eigenvalue weighted by atomic mass is 35.5. The van der Waals surface area contributed by atoms with Gasteiger partial charge in [-0.05, 0) is 45.4 Å². The summed E-state index contributed by atoms with van der Waals surface area (Å²) in [6.07, 6.45) is 1.79. The minimum absolute atomic E-state index is 0.207. The van der Waals surface area contributed by atoms with Gasteiger partial charge in [-0.2, -0.15) is 0 Å². The average Bonchev–Trinajstić information content (AvgIpc) is 2.89. The molecular weight excluding hydrogens is 332 g/mol. The maximum absolute atomic E-state index is 10.5. The van der Waals surface area contributed by atoms with Gasteiger partial charge >= 0.3 is 5.97 Å². The summed E-state index contributed by atoms with van der Waals surface area (Å²) in [5.41, 5.74) is 2.10. The third-order valence-electron chi connectivity index (χ3n) is 3.58. The van der Waals surface area contributed by atoms with Crippen LogP contribution in [0.25, 0.3) is 10.6 Å². The van der Waals surface area contributed by atoms with Crippen LogP contribution in [-0.2, 0) is 4.79 Å². The van der Waals surface area contributed by atoms with Gasteiger partial charge in [0.2, 0.25) is 0 Å². The van der Waals surface area contributed by atoms with Gasteiger partial charge in [0.1, 0.15) is 5.01 Å². The minimum atomic E-state index is -0.732. The number of benzene rings is 1. The van der Waals surface area contributed by atoms with Crippen molar-refractivity contribution in [2.24, 2.45) is 0 Å². The van der Waals surface area contributed by atoms with Crippen LogP contribution in [-0.4, -0.2) is 22.6 Å². The first-order chi connectivity index (χ1) is 11.0. The summed E-state index contributed by atoms with van der Waals surface area (Å²) in [6.45, 7) is 4.94. The first-order valence-corrected chi connectivity index (χ1v) is 8.85. The molecule has 0 aliphatic rings. The molecule has 1 aromatic carbocycles. The number of carboxylic acid groups (broad SMARTS) is 1. The van der Waals surface area contributed by atoms with Crippen molar-refractivity contribution in [3.63, 3.8) is 0 Å². The highest BCUT2D eigenvalue weighted by Crippen LogP contribution is 2.32. The molecule has 4 nitrogen and oxygen atoms in total. The molecule has 6 heteroatoms. The fourth-order valence-corrected chi connectivity index (χ4v) is 3.56. The Kier molecular flexibility index (Phi) is 6.57. The Morgan fingerprint density at radius 3 is 2.70 bits per heavy atom. The van der Waals surface area contributed by atoms with Crippen LogP contribution >= 0.6 is 22.9 Å². The van der Waals surface area contributed by atoms with Gasteiger partial charge in [0, 0.05) is 27.9 Å². The Balaban J connectivity index is 1.94. The number of thiazole rings is 1. The lowest BCUT2D eigenvalue weighted by Crippen LogP contribution is -2.19. The Morgan fingerprint density at radius 2 is 2.04 bits per heavy atom. The molecule has 23 heavy (non-hydrogen) atoms. The minimum Gasteiger partial charge on any atom is -0.481 e. The van der Waals surface area contributed by atoms with Crippen LogP contribution in [0, 0.1) is 6.92 Å². The van der Waals surface area contributed by atoms with E-state index in [2.05, 4.69) is 17.2 Å². The van der Waals surface area contributed by atoms with Crippen molar-refractivity contribution in [1.29, 1.82) is 0 Å². The zero-order chi connectivity index (χ0) is 16.8. The third-order valence-corrected chi connectivity index (χ3v) is 5.23. The molecule has 0 amide bonds. The van der Waals surface area contributed by atoms with Crippen LogP contribution in [0.15, 0.2) is 24.3 Å². The van der Waals surface area contributed by atoms with Crippen LogP contribution in [0.5, 0.6) is 0 Å². The molecule has 1 unspecified atom stereocenters. The zero-order valence-electron chi connectivity index (χ0n) is 13.3. The fraction of sp³-hybridized carbons (Fsp3) is 0.412. The maximum atomic E-state index is 10.5. The highest BCUT2D eigenvalue weighted by molar-refractivity contribution is 7.15. The molecule has 0 bridgehead atoms. The number of aromatic nitrogens is 1. The monoisotopic (exact) mass is 352 g/mol. The van der Waals surface area contributed by atoms with Crippen molar-refractivity contribution in [2.45, 2.75) is 39.2 Å². The average molecular weight is 353 g/mol. The number of rotatable bonds is 8. The predicted octanol–water partition coefficient (Wildman–Crippen LogP) is 4.68. The number of hydrogen-bond acceptors (Lipinski definition) is 4. The van der Waals surface area contributed by atoms with E-state index in [4.69, 9.17) is 16.7 Å². The lowest BCUT2D eigenvalue weighted by Gasteiger charge is -2.12. The van der Waals surface area contributed by atoms with Crippen molar-refractivity contribution in [3.8, 4) is 10.6 Å². The van der Waals surface area contributed by atoms with Crippen LogP contribution in [0.2, 0.25) is 5.02 Å². The lowest BCUT2D eigenvalue weighted by atomic mass is 10.2. The van der Waals surface area contributed by atoms with Crippen molar-refractivity contribution < 1.29 is 9.90 Å². The van der Waals surface area contributed by atoms with Gasteiger partial charge in [-0.3, -0.25) is 4.79 Å². The molecule has 0 spiro atoms. The molecule has 0 radical (unpaired) electrons. The van der Waals surface area contributed by atoms with Gasteiger partial charge in [-0.15, -0.1) is 11.3 Å². The molecule has 2 rings (SSSR count). The number of nitrogens with one attached hydrogen (secondary N) is 1. The van der Waals surface area contributed by atoms with Crippen molar-refractivity contribution >= 4 is 28.9 Å². The maximum Gasteiger partial charge on any atom is 0.303 e. The van der Waals surface area contributed by atoms with Gasteiger partial charge < -0.3 is 10.4 Å². The summed E-state index contributed by atoms with van der Waals surface area (Å²) in [4.78, 5) is 16.4. The molecular formula is C17H21ClN2O2S. The Bertz CT molecular complexity index is 655. The second-order valence-corrected chi connectivity index (χ2v) is 6.97. The fourth-order valence-electron chi connectivity index (χ4n) is 2.34. The number of hydrogen-bond donors (Lipinski definition) is 2. The second-order valence-electron chi connectivity index (χ2n) is 5.50. The zero-order valence-corrected chi connectivity index (χ0v) is 14.9. The summed E-state index contributed by atoms with van der Waals surface area (Å²) in [5.74, 6) is -0.732. The topological polar surface area (TPSA) is 62.2 Å². The smallest absolute Gasteiger partial charge is 0.303 e. The quantitative estimate of drug-likeness (QED) is 0.677. The normalized spacial score (nSPS) is 12.3. The number of carbonyl (C=O) groups is 1. The van der Waals surface area contributed by atoms with Crippen molar-refractivity contribution in [1.82, 2.24) is 10.3 Å². The predicted molar refractivity (Wildman–Crippen MR) is 95.2 cm³/mol. The van der Waals surface area contributed by atoms with Gasteiger partial charge in [0.05, 0.1) is 5.69 Å². The number of aryl methyl sites for hydroxylation is 1. The lowest BCUT2D eigenvalue weighted by molar-refractivity contribution is -0.137. The van der Waals surface area contributed by atoms with Gasteiger partial charge in [0.25, 0.3) is 0 Å². The van der Waals surface area contributed by atoms with E-state index in [1.165, 1.54) is 4.88 Å². The SMILES string of the molecule is Cc1nc(-c2ccc(Cl)cc2)sc1C(C)NCCCCC(=O)O. The molecule has 0 fully saturated rings. The highest BCUT2D eigenvalue weighted by Gasteiger charge is 2.14. The third kappa shape index (κ3) is 5.30. The Labute approximate surface area is 145 Å². The largest absolute Gasteiger partial charge is 0.481 e. The Morgan fingerprint density at radius 1 is 1.35 bits per heavy atom. The van der Waals surface area contributed by atoms with Crippen LogP contribution in [0.4, 0.5) is 0 Å². The number of aliphatic carboxylic acids is 1. The first-order valence-electron chi connectivity index (χ1n) is 7.66. The first kappa shape index (κ1) is 17.9. The summed E-state index contributed by atoms with van der Waals surface area (Å²) in [6, 6.07) is 7.91. The van der Waals surface area contributed by atoms with E-state index >= 15 is 0 Å². The molecule has 0 saturated carbocycles. The second kappa shape index (κ2) is 8.43. The molecule has 1 aromatic heterocycles. The summed E-state index contributed by atoms with van der Waals surface area (Å²) in [7, 11) is 0. The number of nitrogens with zero attached hydrogens (tertiary/aromatic N) is 1. The van der Waals surface area contributed by atoms with E-state index in [1.54, 1.807) is 11.3 Å². The van der Waals surface area contributed by atoms with E-state index in [-0.39, 0.29) is 12.5 Å². The molecule has 2 N–H and O–H groups in total. The van der Waals surface area contributed by atoms with Crippen LogP contribution in [0.3, 0.4) is 0 Å². The molecule has 2 aromatic rings. The number of carboxylic acids is 1. The van der Waals surface area contributed by atoms with Gasteiger partial charge in [-0.25, -0.2) is 4.98 Å². The summed E-state index contributed by atoms with van der Waals surface area (Å²) in [5, 5.41) is 13.8. The molecule has 1 atom stereocenters. The molecule has 0 aliphatic carbocycles. The standard InChI is InChI=1S/C17H21ClN2O2S/c1-11(19-10-4-3-5-15(21)22)16-12(2)20-17(23-16)13-6-8-14(18)9-7-13/h6-9,11,19H,3-5,10H2,1-2H3,(H,21,22). The van der Waals surface area contributed by atoms with Crippen molar-refractivity contribution in [3.05, 3.63) is 39.9 Å². The Hall–Kier alpha value is -1.43. The molecule has 1 heterocycles. The molecule has 0 aliphatic heterocycles. The van der Waals surface area contributed by atoms with Crippen LogP contribution < -0.4 is 5.32 Å². The summed E-state index contributed by atoms with van der Waals surface area (Å²) >= 11 is 7.61. The van der Waals surface area contributed by atoms with E-state index < -0.39 is 5.97 Å². The van der Waals surface area contributed by atoms with Gasteiger partial charge in [-0.1, -0.05) is 23.7 Å². The number of halogens is 1. The van der Waals surface area contributed by atoms with E-state index in [9.17, 15) is 4.79 Å². The molecule has 124 valence electrons. The van der Waals surface area contributed by atoms with Crippen LogP contribution in [0.1, 0.15) is 42.8 Å². The van der Waals surface area contributed by atoms with E-state index in [0.29, 0.717) is 6.42 Å². The van der Waals surface area contributed by atoms with Gasteiger partial charge in [0.15, 0.2) is 0 Å². The summed E-state index contributed by atoms with van der Waals surface area (Å²) < 4.78 is 0. The van der Waals surface area contributed by atoms with E-state index in [1.807, 2.05) is 31.2 Å². The van der Waals surface area contributed by atoms with E-state index in [0.717, 1.165) is 34.3 Å². The number of unbranched alkanes of at least 4 members (excludes halogenated alkanes) is 1. The van der Waals surface area contributed by atoms with Crippen molar-refractivity contribution in [2.75, 3.05) is 6.54 Å². The molecule has 0 saturated heterocycles.